The lowest BCUT2D eigenvalue weighted by molar-refractivity contribution is 0.480. The second-order valence-electron chi connectivity index (χ2n) is 3.56. The molecule has 0 aromatic carbocycles. The predicted molar refractivity (Wildman–Crippen MR) is 57.9 cm³/mol. The van der Waals surface area contributed by atoms with Gasteiger partial charge in [0.05, 0.1) is 0 Å². The van der Waals surface area contributed by atoms with E-state index in [9.17, 15) is 0 Å². The highest BCUT2D eigenvalue weighted by atomic mass is 32.2. The molecule has 1 N–H and O–H groups in total. The van der Waals surface area contributed by atoms with Gasteiger partial charge in [-0.05, 0) is 31.4 Å². The second kappa shape index (κ2) is 5.87. The van der Waals surface area contributed by atoms with Crippen LogP contribution in [0.3, 0.4) is 0 Å². The standard InChI is InChI=1S/C10H21NS/c1-3-9(4-2)11-8-10-6-5-7-12-10/h9-11H,3-8H2,1-2H3. The Morgan fingerprint density at radius 1 is 1.42 bits per heavy atom. The van der Waals surface area contributed by atoms with Crippen molar-refractivity contribution in [1.29, 1.82) is 0 Å². The zero-order chi connectivity index (χ0) is 8.81. The Morgan fingerprint density at radius 2 is 2.17 bits per heavy atom. The molecule has 1 rings (SSSR count). The Kier molecular flexibility index (Phi) is 5.08. The lowest BCUT2D eigenvalue weighted by atomic mass is 10.1. The first-order valence-corrected chi connectivity index (χ1v) is 6.26. The molecule has 1 heterocycles. The van der Waals surface area contributed by atoms with Crippen molar-refractivity contribution in [2.75, 3.05) is 12.3 Å². The maximum Gasteiger partial charge on any atom is 0.0172 e. The Balaban J connectivity index is 2.06. The molecule has 1 aliphatic heterocycles. The summed E-state index contributed by atoms with van der Waals surface area (Å²) in [5.41, 5.74) is 0. The summed E-state index contributed by atoms with van der Waals surface area (Å²) in [6.07, 6.45) is 5.40. The minimum absolute atomic E-state index is 0.756. The molecule has 0 spiro atoms. The Hall–Kier alpha value is 0.310. The smallest absolute Gasteiger partial charge is 0.0172 e. The van der Waals surface area contributed by atoms with Gasteiger partial charge in [0, 0.05) is 17.8 Å². The van der Waals surface area contributed by atoms with Gasteiger partial charge in [-0.2, -0.15) is 11.8 Å². The van der Waals surface area contributed by atoms with E-state index < -0.39 is 0 Å². The highest BCUT2D eigenvalue weighted by Crippen LogP contribution is 2.25. The summed E-state index contributed by atoms with van der Waals surface area (Å²) in [5.74, 6) is 1.38. The van der Waals surface area contributed by atoms with Crippen molar-refractivity contribution in [3.63, 3.8) is 0 Å². The van der Waals surface area contributed by atoms with Gasteiger partial charge in [-0.25, -0.2) is 0 Å². The van der Waals surface area contributed by atoms with Crippen LogP contribution >= 0.6 is 11.8 Å². The average molecular weight is 187 g/mol. The molecule has 1 saturated heterocycles. The molecule has 2 heteroatoms. The predicted octanol–water partition coefficient (Wildman–Crippen LogP) is 2.66. The summed E-state index contributed by atoms with van der Waals surface area (Å²) in [6, 6.07) is 0.756. The van der Waals surface area contributed by atoms with E-state index in [1.165, 1.54) is 38.0 Å². The number of thioether (sulfide) groups is 1. The summed E-state index contributed by atoms with van der Waals surface area (Å²) in [5, 5.41) is 4.55. The van der Waals surface area contributed by atoms with Crippen LogP contribution in [0.15, 0.2) is 0 Å². The molecule has 0 amide bonds. The van der Waals surface area contributed by atoms with Crippen molar-refractivity contribution in [2.24, 2.45) is 0 Å². The van der Waals surface area contributed by atoms with Crippen LogP contribution < -0.4 is 5.32 Å². The normalized spacial score (nSPS) is 23.8. The quantitative estimate of drug-likeness (QED) is 0.710. The second-order valence-corrected chi connectivity index (χ2v) is 4.96. The molecule has 1 unspecified atom stereocenters. The SMILES string of the molecule is CCC(CC)NCC1CCCS1. The molecule has 1 atom stereocenters. The minimum atomic E-state index is 0.756. The fourth-order valence-electron chi connectivity index (χ4n) is 1.68. The van der Waals surface area contributed by atoms with E-state index >= 15 is 0 Å². The molecule has 72 valence electrons. The van der Waals surface area contributed by atoms with Crippen molar-refractivity contribution >= 4 is 11.8 Å². The zero-order valence-corrected chi connectivity index (χ0v) is 9.12. The largest absolute Gasteiger partial charge is 0.313 e. The first kappa shape index (κ1) is 10.4. The Labute approximate surface area is 80.7 Å². The van der Waals surface area contributed by atoms with Gasteiger partial charge in [0.2, 0.25) is 0 Å². The molecule has 1 aliphatic rings. The van der Waals surface area contributed by atoms with Gasteiger partial charge in [-0.1, -0.05) is 13.8 Å². The van der Waals surface area contributed by atoms with E-state index in [1.807, 2.05) is 0 Å². The Morgan fingerprint density at radius 3 is 2.67 bits per heavy atom. The van der Waals surface area contributed by atoms with Gasteiger partial charge in [-0.15, -0.1) is 0 Å². The van der Waals surface area contributed by atoms with E-state index in [0.717, 1.165) is 11.3 Å². The first-order valence-electron chi connectivity index (χ1n) is 5.21. The lowest BCUT2D eigenvalue weighted by Gasteiger charge is -2.17. The van der Waals surface area contributed by atoms with Crippen LogP contribution in [-0.2, 0) is 0 Å². The average Bonchev–Trinajstić information content (AvgIpc) is 2.59. The van der Waals surface area contributed by atoms with Gasteiger partial charge >= 0.3 is 0 Å². The third kappa shape index (κ3) is 3.36. The van der Waals surface area contributed by atoms with E-state index in [1.54, 1.807) is 0 Å². The lowest BCUT2D eigenvalue weighted by Crippen LogP contribution is -2.32. The molecule has 12 heavy (non-hydrogen) atoms. The van der Waals surface area contributed by atoms with Crippen LogP contribution in [0.5, 0.6) is 0 Å². The van der Waals surface area contributed by atoms with Crippen molar-refractivity contribution in [2.45, 2.75) is 50.8 Å². The van der Waals surface area contributed by atoms with Crippen LogP contribution in [0.2, 0.25) is 0 Å². The number of hydrogen-bond acceptors (Lipinski definition) is 2. The monoisotopic (exact) mass is 187 g/mol. The Bertz CT molecular complexity index is 104. The molecule has 0 aromatic rings. The van der Waals surface area contributed by atoms with E-state index in [4.69, 9.17) is 0 Å². The van der Waals surface area contributed by atoms with E-state index in [0.29, 0.717) is 0 Å². The third-order valence-corrected chi connectivity index (χ3v) is 4.04. The van der Waals surface area contributed by atoms with Crippen LogP contribution in [-0.4, -0.2) is 23.6 Å². The van der Waals surface area contributed by atoms with Crippen LogP contribution in [0.4, 0.5) is 0 Å². The van der Waals surface area contributed by atoms with E-state index in [2.05, 4.69) is 30.9 Å². The van der Waals surface area contributed by atoms with Gasteiger partial charge in [0.25, 0.3) is 0 Å². The molecular weight excluding hydrogens is 166 g/mol. The van der Waals surface area contributed by atoms with Crippen LogP contribution in [0.25, 0.3) is 0 Å². The number of hydrogen-bond donors (Lipinski definition) is 1. The zero-order valence-electron chi connectivity index (χ0n) is 8.31. The van der Waals surface area contributed by atoms with Crippen LogP contribution in [0, 0.1) is 0 Å². The number of rotatable bonds is 5. The van der Waals surface area contributed by atoms with Gasteiger partial charge in [0.1, 0.15) is 0 Å². The molecule has 1 nitrogen and oxygen atoms in total. The van der Waals surface area contributed by atoms with E-state index in [-0.39, 0.29) is 0 Å². The summed E-state index contributed by atoms with van der Waals surface area (Å²) >= 11 is 2.14. The topological polar surface area (TPSA) is 12.0 Å². The number of nitrogens with one attached hydrogen (secondary N) is 1. The summed E-state index contributed by atoms with van der Waals surface area (Å²) in [6.45, 7) is 5.77. The summed E-state index contributed by atoms with van der Waals surface area (Å²) in [4.78, 5) is 0. The fourth-order valence-corrected chi connectivity index (χ4v) is 2.89. The minimum Gasteiger partial charge on any atom is -0.313 e. The molecular formula is C10H21NS. The summed E-state index contributed by atoms with van der Waals surface area (Å²) < 4.78 is 0. The molecule has 0 bridgehead atoms. The molecule has 1 fully saturated rings. The molecule has 0 saturated carbocycles. The third-order valence-electron chi connectivity index (χ3n) is 2.64. The highest BCUT2D eigenvalue weighted by Gasteiger charge is 2.15. The highest BCUT2D eigenvalue weighted by molar-refractivity contribution is 8.00. The molecule has 0 aromatic heterocycles. The van der Waals surface area contributed by atoms with Crippen molar-refractivity contribution in [3.8, 4) is 0 Å². The van der Waals surface area contributed by atoms with Gasteiger partial charge < -0.3 is 5.32 Å². The fraction of sp³-hybridized carbons (Fsp3) is 1.00. The first-order chi connectivity index (χ1) is 5.86. The van der Waals surface area contributed by atoms with Gasteiger partial charge in [0.15, 0.2) is 0 Å². The molecule has 0 aliphatic carbocycles. The molecule has 0 radical (unpaired) electrons. The van der Waals surface area contributed by atoms with Crippen molar-refractivity contribution in [3.05, 3.63) is 0 Å². The van der Waals surface area contributed by atoms with Crippen LogP contribution in [0.1, 0.15) is 39.5 Å². The maximum atomic E-state index is 3.64. The van der Waals surface area contributed by atoms with Gasteiger partial charge in [-0.3, -0.25) is 0 Å². The van der Waals surface area contributed by atoms with Crippen molar-refractivity contribution < 1.29 is 0 Å². The summed E-state index contributed by atoms with van der Waals surface area (Å²) in [7, 11) is 0. The van der Waals surface area contributed by atoms with Crippen molar-refractivity contribution in [1.82, 2.24) is 5.32 Å². The maximum absolute atomic E-state index is 3.64.